The van der Waals surface area contributed by atoms with E-state index in [1.807, 2.05) is 48.5 Å². The monoisotopic (exact) mass is 614 g/mol. The van der Waals surface area contributed by atoms with Crippen LogP contribution in [0.25, 0.3) is 11.1 Å². The molecule has 1 heterocycles. The Labute approximate surface area is 245 Å². The molecule has 5 rings (SSSR count). The van der Waals surface area contributed by atoms with E-state index in [2.05, 4.69) is 36.9 Å². The Kier molecular flexibility index (Phi) is 8.59. The highest BCUT2D eigenvalue weighted by molar-refractivity contribution is 9.10. The maximum Gasteiger partial charge on any atom is 0.407 e. The smallest absolute Gasteiger partial charge is 0.407 e. The summed E-state index contributed by atoms with van der Waals surface area (Å²) in [7, 11) is 0. The molecule has 1 aliphatic rings. The summed E-state index contributed by atoms with van der Waals surface area (Å²) in [6, 6.07) is 25.9. The molecule has 3 N–H and O–H groups in total. The summed E-state index contributed by atoms with van der Waals surface area (Å²) in [4.78, 5) is 41.2. The Balaban J connectivity index is 1.06. The number of nitrogens with one attached hydrogen (secondary N) is 3. The number of rotatable bonds is 8. The molecule has 3 amide bonds. The van der Waals surface area contributed by atoms with Crippen LogP contribution in [0.1, 0.15) is 46.2 Å². The molecule has 0 radical (unpaired) electrons. The summed E-state index contributed by atoms with van der Waals surface area (Å²) in [6.45, 7) is 1.79. The molecule has 4 aromatic rings. The van der Waals surface area contributed by atoms with Crippen molar-refractivity contribution in [3.63, 3.8) is 0 Å². The number of hydrogen-bond acceptors (Lipinski definition) is 6. The number of nitrogens with zero attached hydrogens (tertiary/aromatic N) is 1. The molecule has 0 aliphatic heterocycles. The molecule has 0 spiro atoms. The summed E-state index contributed by atoms with van der Waals surface area (Å²) < 4.78 is 11.4. The van der Waals surface area contributed by atoms with E-state index in [1.165, 1.54) is 0 Å². The van der Waals surface area contributed by atoms with Crippen molar-refractivity contribution in [3.05, 3.63) is 118 Å². The van der Waals surface area contributed by atoms with Gasteiger partial charge in [0.1, 0.15) is 18.4 Å². The number of carbonyl (C=O) groups excluding carboxylic acids is 3. The maximum absolute atomic E-state index is 12.5. The van der Waals surface area contributed by atoms with Gasteiger partial charge in [-0.2, -0.15) is 0 Å². The molecule has 3 aromatic carbocycles. The number of pyridine rings is 1. The number of aromatic nitrogens is 1. The van der Waals surface area contributed by atoms with Crippen molar-refractivity contribution in [2.24, 2.45) is 0 Å². The van der Waals surface area contributed by atoms with E-state index >= 15 is 0 Å². The first-order valence-corrected chi connectivity index (χ1v) is 13.8. The predicted octanol–water partition coefficient (Wildman–Crippen LogP) is 6.38. The highest BCUT2D eigenvalue weighted by Gasteiger charge is 2.29. The van der Waals surface area contributed by atoms with E-state index < -0.39 is 18.3 Å². The lowest BCUT2D eigenvalue weighted by Gasteiger charge is -2.17. The topological polar surface area (TPSA) is 119 Å². The number of benzene rings is 3. The first-order chi connectivity index (χ1) is 19.9. The van der Waals surface area contributed by atoms with Gasteiger partial charge in [-0.25, -0.2) is 9.59 Å². The van der Waals surface area contributed by atoms with Gasteiger partial charge in [-0.1, -0.05) is 60.7 Å². The number of ether oxygens (including phenoxy) is 2. The second-order valence-electron chi connectivity index (χ2n) is 9.27. The first kappa shape index (κ1) is 27.9. The minimum Gasteiger partial charge on any atom is -0.448 e. The van der Waals surface area contributed by atoms with Crippen LogP contribution in [0.5, 0.6) is 0 Å². The van der Waals surface area contributed by atoms with Gasteiger partial charge in [-0.3, -0.25) is 9.78 Å². The third-order valence-electron chi connectivity index (χ3n) is 6.59. The molecule has 0 bridgehead atoms. The van der Waals surface area contributed by atoms with Crippen LogP contribution in [0.15, 0.2) is 95.6 Å². The van der Waals surface area contributed by atoms with E-state index in [0.29, 0.717) is 15.9 Å². The summed E-state index contributed by atoms with van der Waals surface area (Å²) >= 11 is 3.45. The predicted molar refractivity (Wildman–Crippen MR) is 157 cm³/mol. The van der Waals surface area contributed by atoms with Crippen LogP contribution >= 0.6 is 15.9 Å². The average Bonchev–Trinajstić information content (AvgIpc) is 3.30. The number of halogens is 1. The maximum atomic E-state index is 12.5. The van der Waals surface area contributed by atoms with Crippen LogP contribution in [0.3, 0.4) is 0 Å². The molecule has 9 nitrogen and oxygen atoms in total. The highest BCUT2D eigenvalue weighted by atomic mass is 79.9. The van der Waals surface area contributed by atoms with Crippen molar-refractivity contribution in [3.8, 4) is 11.1 Å². The zero-order valence-corrected chi connectivity index (χ0v) is 23.7. The van der Waals surface area contributed by atoms with E-state index in [1.54, 1.807) is 49.5 Å². The fraction of sp³-hybridized carbons (Fsp3) is 0.161. The second-order valence-corrected chi connectivity index (χ2v) is 10.1. The van der Waals surface area contributed by atoms with Crippen molar-refractivity contribution >= 4 is 39.7 Å². The standard InChI is InChI=1S/C31H27BrN4O5/c1-19(20-13-14-26(25(32)18-20)35-29(37)27-12-6-7-15-33-27)41-30(38)34-16-17-40-31(39)36-28-23-10-4-2-8-21(23)22-9-3-5-11-24(22)28/h2-15,18-19,28H,16-17H2,1H3,(H,34,38)(H,35,37)(H,36,39). The van der Waals surface area contributed by atoms with E-state index in [0.717, 1.165) is 27.8 Å². The van der Waals surface area contributed by atoms with Gasteiger partial charge in [-0.05, 0) is 74.9 Å². The number of anilines is 1. The van der Waals surface area contributed by atoms with Gasteiger partial charge in [0, 0.05) is 10.7 Å². The quantitative estimate of drug-likeness (QED) is 0.198. The van der Waals surface area contributed by atoms with Crippen LogP contribution < -0.4 is 16.0 Å². The number of hydrogen-bond donors (Lipinski definition) is 3. The SMILES string of the molecule is CC(OC(=O)NCCOC(=O)NC1c2ccccc2-c2ccccc21)c1ccc(NC(=O)c2ccccn2)c(Br)c1. The number of amides is 3. The van der Waals surface area contributed by atoms with E-state index in [4.69, 9.17) is 9.47 Å². The number of fused-ring (bicyclic) bond motifs is 3. The Morgan fingerprint density at radius 3 is 2.24 bits per heavy atom. The molecule has 1 unspecified atom stereocenters. The Hall–Kier alpha value is -4.70. The fourth-order valence-corrected chi connectivity index (χ4v) is 5.10. The number of carbonyl (C=O) groups is 3. The van der Waals surface area contributed by atoms with Crippen LogP contribution in [0, 0.1) is 0 Å². The second kappa shape index (κ2) is 12.6. The van der Waals surface area contributed by atoms with Gasteiger partial charge >= 0.3 is 12.2 Å². The van der Waals surface area contributed by atoms with E-state index in [9.17, 15) is 14.4 Å². The molecular formula is C31H27BrN4O5. The lowest BCUT2D eigenvalue weighted by molar-refractivity contribution is 0.102. The molecule has 10 heteroatoms. The largest absolute Gasteiger partial charge is 0.448 e. The van der Waals surface area contributed by atoms with Crippen LogP contribution in [0.2, 0.25) is 0 Å². The Morgan fingerprint density at radius 1 is 0.902 bits per heavy atom. The molecule has 1 atom stereocenters. The Morgan fingerprint density at radius 2 is 1.59 bits per heavy atom. The van der Waals surface area contributed by atoms with Crippen molar-refractivity contribution in [2.75, 3.05) is 18.5 Å². The van der Waals surface area contributed by atoms with Gasteiger partial charge in [0.25, 0.3) is 5.91 Å². The fourth-order valence-electron chi connectivity index (χ4n) is 4.61. The van der Waals surface area contributed by atoms with Crippen molar-refractivity contribution in [1.82, 2.24) is 15.6 Å². The summed E-state index contributed by atoms with van der Waals surface area (Å²) in [5.41, 5.74) is 5.77. The molecule has 41 heavy (non-hydrogen) atoms. The third kappa shape index (κ3) is 6.55. The minimum absolute atomic E-state index is 0.0262. The highest BCUT2D eigenvalue weighted by Crippen LogP contribution is 2.43. The van der Waals surface area contributed by atoms with Gasteiger partial charge in [-0.15, -0.1) is 0 Å². The van der Waals surface area contributed by atoms with Crippen LogP contribution in [-0.2, 0) is 9.47 Å². The third-order valence-corrected chi connectivity index (χ3v) is 7.25. The van der Waals surface area contributed by atoms with Crippen molar-refractivity contribution in [2.45, 2.75) is 19.1 Å². The molecular weight excluding hydrogens is 588 g/mol. The summed E-state index contributed by atoms with van der Waals surface area (Å²) in [6.07, 6.45) is -0.250. The molecule has 0 saturated heterocycles. The molecule has 208 valence electrons. The van der Waals surface area contributed by atoms with E-state index in [-0.39, 0.29) is 25.1 Å². The lowest BCUT2D eigenvalue weighted by Crippen LogP contribution is -2.33. The molecule has 0 fully saturated rings. The summed E-state index contributed by atoms with van der Waals surface area (Å²) in [5, 5.41) is 8.31. The molecule has 1 aromatic heterocycles. The molecule has 1 aliphatic carbocycles. The zero-order chi connectivity index (χ0) is 28.8. The lowest BCUT2D eigenvalue weighted by atomic mass is 10.1. The van der Waals surface area contributed by atoms with Crippen LogP contribution in [-0.4, -0.2) is 36.2 Å². The molecule has 0 saturated carbocycles. The van der Waals surface area contributed by atoms with Gasteiger partial charge in [0.15, 0.2) is 0 Å². The van der Waals surface area contributed by atoms with Gasteiger partial charge in [0.2, 0.25) is 0 Å². The minimum atomic E-state index is -0.649. The number of alkyl carbamates (subject to hydrolysis) is 2. The van der Waals surface area contributed by atoms with Crippen molar-refractivity contribution < 1.29 is 23.9 Å². The summed E-state index contributed by atoms with van der Waals surface area (Å²) in [5.74, 6) is -0.337. The van der Waals surface area contributed by atoms with Crippen LogP contribution in [0.4, 0.5) is 15.3 Å². The van der Waals surface area contributed by atoms with Gasteiger partial charge < -0.3 is 25.4 Å². The van der Waals surface area contributed by atoms with Gasteiger partial charge in [0.05, 0.1) is 18.3 Å². The Bertz CT molecular complexity index is 1530. The van der Waals surface area contributed by atoms with Crippen molar-refractivity contribution in [1.29, 1.82) is 0 Å². The zero-order valence-electron chi connectivity index (χ0n) is 22.1. The first-order valence-electron chi connectivity index (χ1n) is 13.0. The average molecular weight is 615 g/mol. The normalized spacial score (nSPS) is 12.4.